The molecule has 0 amide bonds. The first-order valence-electron chi connectivity index (χ1n) is 14.0. The van der Waals surface area contributed by atoms with Crippen molar-refractivity contribution in [2.24, 2.45) is 4.99 Å². The predicted octanol–water partition coefficient (Wildman–Crippen LogP) is 5.49. The molecule has 11 nitrogen and oxygen atoms in total. The number of carbonyl (C=O) groups excluding carboxylic acids is 1. The monoisotopic (exact) mass is 655 g/mol. The van der Waals surface area contributed by atoms with Crippen molar-refractivity contribution in [2.75, 3.05) is 13.4 Å². The summed E-state index contributed by atoms with van der Waals surface area (Å²) in [7, 11) is 0. The Morgan fingerprint density at radius 1 is 1.11 bits per heavy atom. The number of carbonyl (C=O) groups is 1. The number of aromatic nitrogens is 1. The highest BCUT2D eigenvalue weighted by Gasteiger charge is 2.36. The maximum Gasteiger partial charge on any atom is 0.338 e. The van der Waals surface area contributed by atoms with Crippen LogP contribution in [0, 0.1) is 10.1 Å². The first-order valence-corrected chi connectivity index (χ1v) is 15.2. The fourth-order valence-corrected chi connectivity index (χ4v) is 6.55. The molecule has 2 aliphatic rings. The third-order valence-corrected chi connectivity index (χ3v) is 8.63. The zero-order valence-corrected chi connectivity index (χ0v) is 25.5. The molecule has 4 heterocycles. The summed E-state index contributed by atoms with van der Waals surface area (Å²) >= 11 is 7.10. The van der Waals surface area contributed by atoms with Gasteiger partial charge in [0.05, 0.1) is 38.9 Å². The van der Waals surface area contributed by atoms with Crippen LogP contribution in [0.4, 0.5) is 5.69 Å². The highest BCUT2D eigenvalue weighted by atomic mass is 35.5. The van der Waals surface area contributed by atoms with E-state index in [0.717, 1.165) is 11.3 Å². The SMILES string of the molecule is CCOC(=O)C1=C(c2ccccc2)N=c2s/c(=C\c3ccc(-c4ccc(Cl)cc4[N+](=O)[O-])o3)c(=O)n2[C@@H]1c1ccc2c(c1)OCO2. The summed E-state index contributed by atoms with van der Waals surface area (Å²) in [5.74, 6) is 0.951. The van der Waals surface area contributed by atoms with Gasteiger partial charge in [-0.2, -0.15) is 0 Å². The van der Waals surface area contributed by atoms with Crippen LogP contribution in [0.15, 0.2) is 98.6 Å². The van der Waals surface area contributed by atoms with Crippen molar-refractivity contribution in [3.05, 3.63) is 136 Å². The van der Waals surface area contributed by atoms with E-state index in [4.69, 9.17) is 35.2 Å². The number of nitro groups is 1. The molecular weight excluding hydrogens is 634 g/mol. The Bertz CT molecular complexity index is 2250. The fourth-order valence-electron chi connectivity index (χ4n) is 5.41. The minimum Gasteiger partial charge on any atom is -0.463 e. The number of esters is 1. The van der Waals surface area contributed by atoms with E-state index in [-0.39, 0.29) is 51.3 Å². The Kier molecular flexibility index (Phi) is 7.51. The van der Waals surface area contributed by atoms with Crippen molar-refractivity contribution in [3.63, 3.8) is 0 Å². The summed E-state index contributed by atoms with van der Waals surface area (Å²) in [5, 5.41) is 11.9. The Hall–Kier alpha value is -5.46. The summed E-state index contributed by atoms with van der Waals surface area (Å²) in [6.07, 6.45) is 1.54. The van der Waals surface area contributed by atoms with Crippen LogP contribution in [0.5, 0.6) is 11.5 Å². The lowest BCUT2D eigenvalue weighted by molar-refractivity contribution is -0.384. The van der Waals surface area contributed by atoms with Gasteiger partial charge in [0.1, 0.15) is 11.5 Å². The molecule has 0 N–H and O–H groups in total. The van der Waals surface area contributed by atoms with Gasteiger partial charge in [-0.15, -0.1) is 0 Å². The van der Waals surface area contributed by atoms with Crippen LogP contribution < -0.4 is 24.4 Å². The van der Waals surface area contributed by atoms with Crippen molar-refractivity contribution < 1.29 is 28.3 Å². The van der Waals surface area contributed by atoms with Gasteiger partial charge < -0.3 is 18.6 Å². The molecule has 0 aliphatic carbocycles. The Balaban J connectivity index is 1.42. The van der Waals surface area contributed by atoms with E-state index in [1.54, 1.807) is 43.3 Å². The number of benzene rings is 3. The largest absolute Gasteiger partial charge is 0.463 e. The number of furan rings is 1. The molecule has 0 radical (unpaired) electrons. The van der Waals surface area contributed by atoms with Crippen molar-refractivity contribution >= 4 is 46.4 Å². The molecule has 2 aromatic heterocycles. The molecule has 46 heavy (non-hydrogen) atoms. The van der Waals surface area contributed by atoms with Crippen LogP contribution in [-0.4, -0.2) is 28.9 Å². The average Bonchev–Trinajstić information content (AvgIpc) is 3.80. The first-order chi connectivity index (χ1) is 22.3. The quantitative estimate of drug-likeness (QED) is 0.128. The highest BCUT2D eigenvalue weighted by molar-refractivity contribution is 7.07. The van der Waals surface area contributed by atoms with Gasteiger partial charge in [-0.05, 0) is 48.9 Å². The number of fused-ring (bicyclic) bond motifs is 2. The lowest BCUT2D eigenvalue weighted by atomic mass is 9.93. The van der Waals surface area contributed by atoms with E-state index in [9.17, 15) is 19.7 Å². The standard InChI is InChI=1S/C33H22ClN3O8S/c1-2-42-32(39)28-29(18-6-4-3-5-7-18)35-33-36(30(28)19-8-12-25-26(14-19)44-17-43-25)31(38)27(46-33)16-21-10-13-24(45-21)22-11-9-20(34)15-23(22)37(40)41/h3-16,30H,2,17H2,1H3/b27-16-/t30-/m1/s1. The van der Waals surface area contributed by atoms with E-state index in [2.05, 4.69) is 0 Å². The number of nitro benzene ring substituents is 1. The maximum absolute atomic E-state index is 14.2. The van der Waals surface area contributed by atoms with Crippen LogP contribution in [-0.2, 0) is 9.53 Å². The number of ether oxygens (including phenoxy) is 3. The molecule has 1 atom stereocenters. The highest BCUT2D eigenvalue weighted by Crippen LogP contribution is 2.40. The topological polar surface area (TPSA) is 135 Å². The van der Waals surface area contributed by atoms with Gasteiger partial charge in [-0.25, -0.2) is 9.79 Å². The van der Waals surface area contributed by atoms with Crippen molar-refractivity contribution in [1.82, 2.24) is 4.57 Å². The van der Waals surface area contributed by atoms with Crippen LogP contribution in [0.25, 0.3) is 23.1 Å². The molecule has 0 spiro atoms. The fraction of sp³-hybridized carbons (Fsp3) is 0.121. The lowest BCUT2D eigenvalue weighted by Crippen LogP contribution is -2.40. The summed E-state index contributed by atoms with van der Waals surface area (Å²) in [5.41, 5.74) is 1.45. The van der Waals surface area contributed by atoms with Crippen LogP contribution in [0.2, 0.25) is 5.02 Å². The Morgan fingerprint density at radius 3 is 2.70 bits per heavy atom. The smallest absolute Gasteiger partial charge is 0.338 e. The molecule has 0 bridgehead atoms. The molecule has 7 rings (SSSR count). The number of hydrogen-bond donors (Lipinski definition) is 0. The predicted molar refractivity (Wildman–Crippen MR) is 169 cm³/mol. The number of nitrogens with zero attached hydrogens (tertiary/aromatic N) is 3. The second-order valence-corrected chi connectivity index (χ2v) is 11.6. The first kappa shape index (κ1) is 29.3. The molecule has 0 saturated carbocycles. The minimum atomic E-state index is -0.911. The lowest BCUT2D eigenvalue weighted by Gasteiger charge is -2.26. The summed E-state index contributed by atoms with van der Waals surface area (Å²) in [6, 6.07) is 21.0. The van der Waals surface area contributed by atoms with Crippen LogP contribution >= 0.6 is 22.9 Å². The second-order valence-electron chi connectivity index (χ2n) is 10.2. The molecule has 3 aromatic carbocycles. The van der Waals surface area contributed by atoms with E-state index in [1.165, 1.54) is 22.8 Å². The van der Waals surface area contributed by atoms with Crippen molar-refractivity contribution in [2.45, 2.75) is 13.0 Å². The molecule has 0 fully saturated rings. The van der Waals surface area contributed by atoms with Gasteiger partial charge >= 0.3 is 5.97 Å². The molecule has 230 valence electrons. The van der Waals surface area contributed by atoms with Gasteiger partial charge in [0, 0.05) is 22.7 Å². The summed E-state index contributed by atoms with van der Waals surface area (Å²) in [4.78, 5) is 44.1. The van der Waals surface area contributed by atoms with Gasteiger partial charge in [0.2, 0.25) is 6.79 Å². The third-order valence-electron chi connectivity index (χ3n) is 7.41. The number of thiazole rings is 1. The van der Waals surface area contributed by atoms with E-state index >= 15 is 0 Å². The summed E-state index contributed by atoms with van der Waals surface area (Å²) in [6.45, 7) is 1.89. The molecule has 0 saturated heterocycles. The Labute approximate surface area is 269 Å². The Morgan fingerprint density at radius 2 is 1.91 bits per heavy atom. The average molecular weight is 656 g/mol. The number of rotatable bonds is 7. The molecule has 13 heteroatoms. The van der Waals surface area contributed by atoms with Gasteiger partial charge in [0.25, 0.3) is 11.2 Å². The van der Waals surface area contributed by atoms with E-state index < -0.39 is 22.5 Å². The van der Waals surface area contributed by atoms with Crippen LogP contribution in [0.1, 0.15) is 29.9 Å². The maximum atomic E-state index is 14.2. The molecule has 0 unspecified atom stereocenters. The molecule has 5 aromatic rings. The second kappa shape index (κ2) is 11.8. The molecular formula is C33H22ClN3O8S. The van der Waals surface area contributed by atoms with Gasteiger partial charge in [-0.3, -0.25) is 19.5 Å². The van der Waals surface area contributed by atoms with Crippen LogP contribution in [0.3, 0.4) is 0 Å². The van der Waals surface area contributed by atoms with Crippen molar-refractivity contribution in [1.29, 1.82) is 0 Å². The normalized spacial score (nSPS) is 15.4. The molecule has 2 aliphatic heterocycles. The van der Waals surface area contributed by atoms with E-state index in [0.29, 0.717) is 33.1 Å². The van der Waals surface area contributed by atoms with Crippen molar-refractivity contribution in [3.8, 4) is 22.8 Å². The van der Waals surface area contributed by atoms with Gasteiger partial charge in [0.15, 0.2) is 16.3 Å². The third kappa shape index (κ3) is 5.17. The van der Waals surface area contributed by atoms with Gasteiger partial charge in [-0.1, -0.05) is 59.3 Å². The summed E-state index contributed by atoms with van der Waals surface area (Å²) < 4.78 is 24.3. The minimum absolute atomic E-state index is 0.0572. The number of hydrogen-bond acceptors (Lipinski definition) is 10. The number of halogens is 1. The zero-order valence-electron chi connectivity index (χ0n) is 24.0. The van der Waals surface area contributed by atoms with E-state index in [1.807, 2.05) is 30.3 Å². The zero-order chi connectivity index (χ0) is 31.9.